The highest BCUT2D eigenvalue weighted by Crippen LogP contribution is 2.38. The molecule has 0 saturated carbocycles. The summed E-state index contributed by atoms with van der Waals surface area (Å²) in [5.41, 5.74) is 0. The van der Waals surface area contributed by atoms with E-state index in [1.165, 1.54) is 6.42 Å². The number of carbonyl (C=O) groups is 2. The number of rotatable bonds is 4. The molecule has 1 aromatic rings. The summed E-state index contributed by atoms with van der Waals surface area (Å²) in [6.07, 6.45) is 9.68. The van der Waals surface area contributed by atoms with Crippen molar-refractivity contribution in [1.82, 2.24) is 14.4 Å². The Bertz CT molecular complexity index is 598. The number of amides is 2. The fraction of sp³-hybridized carbons (Fsp3) is 0.684. The molecular weight excluding hydrogens is 302 g/mol. The topological polar surface area (TPSA) is 45.6 Å². The molecule has 3 fully saturated rings. The lowest BCUT2D eigenvalue weighted by Crippen LogP contribution is -2.61. The molecule has 130 valence electrons. The first-order valence-electron chi connectivity index (χ1n) is 9.38. The number of likely N-dealkylation sites (tertiary alicyclic amines) is 1. The summed E-state index contributed by atoms with van der Waals surface area (Å²) in [5.74, 6) is 1.62. The van der Waals surface area contributed by atoms with E-state index in [9.17, 15) is 9.59 Å². The van der Waals surface area contributed by atoms with Crippen molar-refractivity contribution in [2.24, 2.45) is 11.8 Å². The van der Waals surface area contributed by atoms with Crippen molar-refractivity contribution in [2.45, 2.75) is 51.1 Å². The number of aryl methyl sites for hydroxylation is 1. The third-order valence-corrected chi connectivity index (χ3v) is 6.01. The van der Waals surface area contributed by atoms with Gasteiger partial charge in [0.2, 0.25) is 11.8 Å². The Balaban J connectivity index is 1.33. The van der Waals surface area contributed by atoms with Crippen molar-refractivity contribution in [2.75, 3.05) is 19.6 Å². The van der Waals surface area contributed by atoms with Crippen LogP contribution in [0.2, 0.25) is 0 Å². The molecule has 3 atom stereocenters. The molecule has 5 heteroatoms. The highest BCUT2D eigenvalue weighted by molar-refractivity contribution is 5.78. The summed E-state index contributed by atoms with van der Waals surface area (Å²) < 4.78 is 2.13. The van der Waals surface area contributed by atoms with Crippen LogP contribution in [0.5, 0.6) is 0 Å². The van der Waals surface area contributed by atoms with Crippen molar-refractivity contribution in [3.05, 3.63) is 24.5 Å². The van der Waals surface area contributed by atoms with Crippen LogP contribution in [-0.4, -0.2) is 51.9 Å². The standard InChI is InChI=1S/C19H27N3O2/c23-18(7-4-10-20-8-1-2-9-20)21-12-15-11-16(14-21)17-5-3-6-19(24)22(17)13-15/h1-2,8-9,15-17H,3-7,10-14H2/t15-,16+,17-/m1/s1. The molecule has 2 amide bonds. The Labute approximate surface area is 143 Å². The zero-order chi connectivity index (χ0) is 16.5. The Kier molecular flexibility index (Phi) is 4.33. The molecule has 0 aliphatic carbocycles. The molecule has 3 aliphatic rings. The van der Waals surface area contributed by atoms with Gasteiger partial charge < -0.3 is 14.4 Å². The molecule has 4 heterocycles. The molecule has 0 N–H and O–H groups in total. The predicted molar refractivity (Wildman–Crippen MR) is 91.2 cm³/mol. The van der Waals surface area contributed by atoms with Crippen LogP contribution in [0.1, 0.15) is 38.5 Å². The average molecular weight is 329 g/mol. The first kappa shape index (κ1) is 15.7. The predicted octanol–water partition coefficient (Wildman–Crippen LogP) is 2.13. The maximum atomic E-state index is 12.6. The van der Waals surface area contributed by atoms with Gasteiger partial charge in [0.15, 0.2) is 0 Å². The number of nitrogens with zero attached hydrogens (tertiary/aromatic N) is 3. The van der Waals surface area contributed by atoms with Crippen LogP contribution in [-0.2, 0) is 16.1 Å². The maximum Gasteiger partial charge on any atom is 0.222 e. The zero-order valence-electron chi connectivity index (χ0n) is 14.3. The van der Waals surface area contributed by atoms with Crippen molar-refractivity contribution < 1.29 is 9.59 Å². The molecule has 0 unspecified atom stereocenters. The van der Waals surface area contributed by atoms with Gasteiger partial charge in [-0.15, -0.1) is 0 Å². The summed E-state index contributed by atoms with van der Waals surface area (Å²) in [4.78, 5) is 29.0. The van der Waals surface area contributed by atoms with Crippen LogP contribution >= 0.6 is 0 Å². The van der Waals surface area contributed by atoms with E-state index in [2.05, 4.69) is 14.4 Å². The van der Waals surface area contributed by atoms with Crippen molar-refractivity contribution in [3.8, 4) is 0 Å². The Morgan fingerprint density at radius 3 is 2.83 bits per heavy atom. The van der Waals surface area contributed by atoms with E-state index < -0.39 is 0 Å². The number of hydrogen-bond donors (Lipinski definition) is 0. The van der Waals surface area contributed by atoms with E-state index in [-0.39, 0.29) is 0 Å². The number of piperidine rings is 3. The molecular formula is C19H27N3O2. The van der Waals surface area contributed by atoms with Gasteiger partial charge >= 0.3 is 0 Å². The van der Waals surface area contributed by atoms with Crippen LogP contribution < -0.4 is 0 Å². The van der Waals surface area contributed by atoms with Crippen molar-refractivity contribution in [1.29, 1.82) is 0 Å². The van der Waals surface area contributed by atoms with Crippen molar-refractivity contribution in [3.63, 3.8) is 0 Å². The summed E-state index contributed by atoms with van der Waals surface area (Å²) in [6.45, 7) is 3.47. The van der Waals surface area contributed by atoms with Gasteiger partial charge in [0, 0.05) is 57.5 Å². The number of carbonyl (C=O) groups excluding carboxylic acids is 2. The number of hydrogen-bond acceptors (Lipinski definition) is 2. The van der Waals surface area contributed by atoms with E-state index in [1.807, 2.05) is 24.5 Å². The lowest BCUT2D eigenvalue weighted by atomic mass is 9.76. The fourth-order valence-electron chi connectivity index (χ4n) is 4.90. The Morgan fingerprint density at radius 1 is 1.17 bits per heavy atom. The van der Waals surface area contributed by atoms with E-state index in [4.69, 9.17) is 0 Å². The monoisotopic (exact) mass is 329 g/mol. The smallest absolute Gasteiger partial charge is 0.222 e. The third-order valence-electron chi connectivity index (χ3n) is 6.01. The van der Waals surface area contributed by atoms with Crippen LogP contribution in [0.15, 0.2) is 24.5 Å². The summed E-state index contributed by atoms with van der Waals surface area (Å²) in [6, 6.07) is 4.42. The minimum absolute atomic E-state index is 0.299. The van der Waals surface area contributed by atoms with Gasteiger partial charge in [0.25, 0.3) is 0 Å². The summed E-state index contributed by atoms with van der Waals surface area (Å²) in [5, 5.41) is 0. The van der Waals surface area contributed by atoms with Crippen LogP contribution in [0, 0.1) is 11.8 Å². The fourth-order valence-corrected chi connectivity index (χ4v) is 4.90. The second kappa shape index (κ2) is 6.61. The van der Waals surface area contributed by atoms with Gasteiger partial charge in [-0.25, -0.2) is 0 Å². The molecule has 0 spiro atoms. The van der Waals surface area contributed by atoms with Gasteiger partial charge in [0.1, 0.15) is 0 Å². The van der Waals surface area contributed by atoms with E-state index in [0.29, 0.717) is 36.1 Å². The molecule has 24 heavy (non-hydrogen) atoms. The normalized spacial score (nSPS) is 29.5. The van der Waals surface area contributed by atoms with E-state index in [0.717, 1.165) is 51.9 Å². The van der Waals surface area contributed by atoms with Crippen LogP contribution in [0.3, 0.4) is 0 Å². The van der Waals surface area contributed by atoms with E-state index in [1.54, 1.807) is 0 Å². The second-order valence-corrected chi connectivity index (χ2v) is 7.69. The highest BCUT2D eigenvalue weighted by atomic mass is 16.2. The Morgan fingerprint density at radius 2 is 2.00 bits per heavy atom. The molecule has 5 nitrogen and oxygen atoms in total. The van der Waals surface area contributed by atoms with Crippen LogP contribution in [0.25, 0.3) is 0 Å². The van der Waals surface area contributed by atoms with Gasteiger partial charge in [-0.3, -0.25) is 9.59 Å². The molecule has 4 rings (SSSR count). The molecule has 0 aromatic carbocycles. The van der Waals surface area contributed by atoms with Gasteiger partial charge in [0.05, 0.1) is 0 Å². The van der Waals surface area contributed by atoms with Gasteiger partial charge in [-0.1, -0.05) is 0 Å². The maximum absolute atomic E-state index is 12.6. The number of fused-ring (bicyclic) bond motifs is 4. The largest absolute Gasteiger partial charge is 0.354 e. The minimum atomic E-state index is 0.299. The average Bonchev–Trinajstić information content (AvgIpc) is 3.09. The first-order valence-corrected chi connectivity index (χ1v) is 9.38. The number of aromatic nitrogens is 1. The van der Waals surface area contributed by atoms with Crippen LogP contribution in [0.4, 0.5) is 0 Å². The third kappa shape index (κ3) is 3.08. The molecule has 0 radical (unpaired) electrons. The SMILES string of the molecule is O=C(CCCn1cccc1)N1C[C@H]2C[C@@H](C1)[C@H]1CCCC(=O)N1C2. The quantitative estimate of drug-likeness (QED) is 0.849. The molecule has 3 saturated heterocycles. The van der Waals surface area contributed by atoms with Gasteiger partial charge in [-0.2, -0.15) is 0 Å². The summed E-state index contributed by atoms with van der Waals surface area (Å²) in [7, 11) is 0. The van der Waals surface area contributed by atoms with Crippen molar-refractivity contribution >= 4 is 11.8 Å². The van der Waals surface area contributed by atoms with E-state index >= 15 is 0 Å². The first-order chi connectivity index (χ1) is 11.7. The highest BCUT2D eigenvalue weighted by Gasteiger charge is 2.44. The lowest BCUT2D eigenvalue weighted by Gasteiger charge is -2.52. The lowest BCUT2D eigenvalue weighted by molar-refractivity contribution is -0.148. The zero-order valence-corrected chi connectivity index (χ0v) is 14.3. The summed E-state index contributed by atoms with van der Waals surface area (Å²) >= 11 is 0. The minimum Gasteiger partial charge on any atom is -0.354 e. The second-order valence-electron chi connectivity index (χ2n) is 7.69. The molecule has 2 bridgehead atoms. The molecule has 1 aromatic heterocycles. The Hall–Kier alpha value is -1.78. The molecule has 3 aliphatic heterocycles. The van der Waals surface area contributed by atoms with Gasteiger partial charge in [-0.05, 0) is 49.7 Å².